The van der Waals surface area contributed by atoms with E-state index in [4.69, 9.17) is 21.1 Å². The second kappa shape index (κ2) is 7.74. The Bertz CT molecular complexity index is 721. The first kappa shape index (κ1) is 19.1. The molecule has 0 bridgehead atoms. The van der Waals surface area contributed by atoms with Crippen LogP contribution < -0.4 is 4.90 Å². The molecular weight excluding hydrogens is 346 g/mol. The van der Waals surface area contributed by atoms with Gasteiger partial charge in [-0.3, -0.25) is 0 Å². The maximum atomic E-state index is 11.8. The average molecular weight is 366 g/mol. The van der Waals surface area contributed by atoms with E-state index in [-0.39, 0.29) is 11.3 Å². The molecule has 0 spiro atoms. The molecule has 134 valence electrons. The molecular formula is C18H20ClNO5. The summed E-state index contributed by atoms with van der Waals surface area (Å²) in [6, 6.07) is 7.25. The molecule has 1 unspecified atom stereocenters. The minimum Gasteiger partial charge on any atom is -0.508 e. The van der Waals surface area contributed by atoms with Crippen LogP contribution in [-0.4, -0.2) is 35.3 Å². The van der Waals surface area contributed by atoms with E-state index >= 15 is 0 Å². The summed E-state index contributed by atoms with van der Waals surface area (Å²) in [5, 5.41) is 20.4. The Morgan fingerprint density at radius 1 is 1.32 bits per heavy atom. The van der Waals surface area contributed by atoms with Gasteiger partial charge in [0.15, 0.2) is 6.29 Å². The highest BCUT2D eigenvalue weighted by molar-refractivity contribution is 6.30. The number of anilines is 1. The van der Waals surface area contributed by atoms with Crippen LogP contribution in [0.4, 0.5) is 5.69 Å². The Morgan fingerprint density at radius 2 is 1.96 bits per heavy atom. The summed E-state index contributed by atoms with van der Waals surface area (Å²) in [4.78, 5) is 13.7. The average Bonchev–Trinajstić information content (AvgIpc) is 2.50. The quantitative estimate of drug-likeness (QED) is 0.369. The Balaban J connectivity index is 2.05. The molecule has 0 amide bonds. The minimum absolute atomic E-state index is 0.174. The van der Waals surface area contributed by atoms with Gasteiger partial charge in [0.2, 0.25) is 5.79 Å². The third kappa shape index (κ3) is 5.35. The monoisotopic (exact) mass is 365 g/mol. The lowest BCUT2D eigenvalue weighted by molar-refractivity contribution is -0.279. The third-order valence-corrected chi connectivity index (χ3v) is 3.60. The first-order valence-corrected chi connectivity index (χ1v) is 7.92. The van der Waals surface area contributed by atoms with E-state index in [2.05, 4.69) is 0 Å². The van der Waals surface area contributed by atoms with Crippen LogP contribution in [0.3, 0.4) is 0 Å². The van der Waals surface area contributed by atoms with Crippen molar-refractivity contribution in [3.63, 3.8) is 0 Å². The van der Waals surface area contributed by atoms with Crippen molar-refractivity contribution >= 4 is 23.3 Å². The van der Waals surface area contributed by atoms with Gasteiger partial charge in [0, 0.05) is 37.8 Å². The molecule has 2 rings (SSSR count). The molecule has 7 heteroatoms. The molecule has 1 aliphatic rings. The SMILES string of the molecule is CN(/C=C/C=C(O)/C=C1/C(=O)OC(C)(C)OC1O)c1ccc(Cl)cc1. The number of ether oxygens (including phenoxy) is 2. The van der Waals surface area contributed by atoms with E-state index < -0.39 is 18.0 Å². The summed E-state index contributed by atoms with van der Waals surface area (Å²) in [6.07, 6.45) is 4.32. The van der Waals surface area contributed by atoms with Gasteiger partial charge in [-0.1, -0.05) is 11.6 Å². The van der Waals surface area contributed by atoms with Gasteiger partial charge in [0.05, 0.1) is 5.57 Å². The van der Waals surface area contributed by atoms with Gasteiger partial charge in [-0.15, -0.1) is 0 Å². The number of hydrogen-bond donors (Lipinski definition) is 2. The van der Waals surface area contributed by atoms with E-state index in [1.807, 2.05) is 24.1 Å². The molecule has 0 saturated carbocycles. The molecule has 1 aliphatic heterocycles. The third-order valence-electron chi connectivity index (χ3n) is 3.35. The summed E-state index contributed by atoms with van der Waals surface area (Å²) in [6.45, 7) is 3.02. The normalized spacial score (nSPS) is 22.3. The van der Waals surface area contributed by atoms with Crippen molar-refractivity contribution < 1.29 is 24.5 Å². The number of allylic oxidation sites excluding steroid dienone is 3. The summed E-state index contributed by atoms with van der Waals surface area (Å²) >= 11 is 5.84. The highest BCUT2D eigenvalue weighted by atomic mass is 35.5. The molecule has 1 aromatic carbocycles. The number of carbonyl (C=O) groups excluding carboxylic acids is 1. The number of aliphatic hydroxyl groups is 2. The highest BCUT2D eigenvalue weighted by Crippen LogP contribution is 2.26. The van der Waals surface area contributed by atoms with Crippen LogP contribution in [-0.2, 0) is 14.3 Å². The Morgan fingerprint density at radius 3 is 2.56 bits per heavy atom. The number of esters is 1. The molecule has 2 N–H and O–H groups in total. The summed E-state index contributed by atoms with van der Waals surface area (Å²) in [5.41, 5.74) is 0.737. The number of nitrogens with zero attached hydrogens (tertiary/aromatic N) is 1. The molecule has 6 nitrogen and oxygen atoms in total. The van der Waals surface area contributed by atoms with Crippen molar-refractivity contribution in [3.8, 4) is 0 Å². The lowest BCUT2D eigenvalue weighted by Gasteiger charge is -2.33. The van der Waals surface area contributed by atoms with Crippen molar-refractivity contribution in [2.24, 2.45) is 0 Å². The van der Waals surface area contributed by atoms with Crippen molar-refractivity contribution in [3.05, 3.63) is 65.0 Å². The number of aliphatic hydroxyl groups excluding tert-OH is 2. The number of carbonyl (C=O) groups is 1. The van der Waals surface area contributed by atoms with Crippen LogP contribution in [0.15, 0.2) is 60.0 Å². The predicted molar refractivity (Wildman–Crippen MR) is 95.1 cm³/mol. The number of rotatable bonds is 4. The smallest absolute Gasteiger partial charge is 0.341 e. The summed E-state index contributed by atoms with van der Waals surface area (Å²) in [7, 11) is 1.83. The fourth-order valence-corrected chi connectivity index (χ4v) is 2.24. The molecule has 1 atom stereocenters. The molecule has 25 heavy (non-hydrogen) atoms. The molecule has 1 saturated heterocycles. The molecule has 0 aliphatic carbocycles. The standard InChI is InChI=1S/C18H20ClNO5/c1-18(2)24-16(22)15(17(23)25-18)11-14(21)5-4-10-20(3)13-8-6-12(19)7-9-13/h4-11,16,21-22H,1-3H3/b10-4+,14-5-,15-11+. The molecule has 0 radical (unpaired) electrons. The van der Waals surface area contributed by atoms with Crippen LogP contribution in [0.5, 0.6) is 0 Å². The van der Waals surface area contributed by atoms with E-state index in [9.17, 15) is 15.0 Å². The lowest BCUT2D eigenvalue weighted by atomic mass is 10.2. The number of benzene rings is 1. The molecule has 0 aromatic heterocycles. The van der Waals surface area contributed by atoms with E-state index in [1.165, 1.54) is 19.9 Å². The van der Waals surface area contributed by atoms with E-state index in [0.29, 0.717) is 5.02 Å². The number of hydrogen-bond acceptors (Lipinski definition) is 6. The molecule has 1 heterocycles. The van der Waals surface area contributed by atoms with Crippen LogP contribution in [0.2, 0.25) is 5.02 Å². The maximum absolute atomic E-state index is 11.8. The van der Waals surface area contributed by atoms with Crippen molar-refractivity contribution in [2.75, 3.05) is 11.9 Å². The Hall–Kier alpha value is -2.28. The zero-order valence-corrected chi connectivity index (χ0v) is 14.9. The highest BCUT2D eigenvalue weighted by Gasteiger charge is 2.38. The fourth-order valence-electron chi connectivity index (χ4n) is 2.11. The van der Waals surface area contributed by atoms with Crippen molar-refractivity contribution in [2.45, 2.75) is 25.9 Å². The second-order valence-corrected chi connectivity index (χ2v) is 6.32. The van der Waals surface area contributed by atoms with Gasteiger partial charge in [-0.2, -0.15) is 0 Å². The van der Waals surface area contributed by atoms with Crippen LogP contribution in [0.1, 0.15) is 13.8 Å². The van der Waals surface area contributed by atoms with Crippen molar-refractivity contribution in [1.82, 2.24) is 0 Å². The van der Waals surface area contributed by atoms with Gasteiger partial charge < -0.3 is 24.6 Å². The van der Waals surface area contributed by atoms with Gasteiger partial charge in [0.25, 0.3) is 0 Å². The van der Waals surface area contributed by atoms with Gasteiger partial charge in [-0.05, 0) is 42.5 Å². The largest absolute Gasteiger partial charge is 0.508 e. The van der Waals surface area contributed by atoms with Crippen LogP contribution >= 0.6 is 11.6 Å². The first-order valence-electron chi connectivity index (χ1n) is 7.54. The molecule has 1 fully saturated rings. The second-order valence-electron chi connectivity index (χ2n) is 5.88. The van der Waals surface area contributed by atoms with Gasteiger partial charge in [0.1, 0.15) is 5.76 Å². The molecule has 1 aromatic rings. The van der Waals surface area contributed by atoms with Crippen molar-refractivity contribution in [1.29, 1.82) is 0 Å². The number of halogens is 1. The minimum atomic E-state index is -1.47. The number of cyclic esters (lactones) is 1. The van der Waals surface area contributed by atoms with Gasteiger partial charge in [-0.25, -0.2) is 4.79 Å². The van der Waals surface area contributed by atoms with Gasteiger partial charge >= 0.3 is 5.97 Å². The maximum Gasteiger partial charge on any atom is 0.341 e. The Labute approximate surface area is 151 Å². The predicted octanol–water partition coefficient (Wildman–Crippen LogP) is 3.29. The zero-order chi connectivity index (χ0) is 18.6. The van der Waals surface area contributed by atoms with Crippen LogP contribution in [0.25, 0.3) is 0 Å². The fraction of sp³-hybridized carbons (Fsp3) is 0.278. The first-order chi connectivity index (χ1) is 11.7. The lowest BCUT2D eigenvalue weighted by Crippen LogP contribution is -2.44. The summed E-state index contributed by atoms with van der Waals surface area (Å²) < 4.78 is 10.1. The zero-order valence-electron chi connectivity index (χ0n) is 14.1. The van der Waals surface area contributed by atoms with E-state index in [0.717, 1.165) is 11.8 Å². The summed E-state index contributed by atoms with van der Waals surface area (Å²) in [5.74, 6) is -2.19. The van der Waals surface area contributed by atoms with Crippen LogP contribution in [0, 0.1) is 0 Å². The topological polar surface area (TPSA) is 79.2 Å². The Kier molecular flexibility index (Phi) is 5.89. The van der Waals surface area contributed by atoms with E-state index in [1.54, 1.807) is 24.4 Å².